The van der Waals surface area contributed by atoms with Crippen molar-refractivity contribution in [1.29, 1.82) is 0 Å². The van der Waals surface area contributed by atoms with Crippen molar-refractivity contribution in [1.82, 2.24) is 14.0 Å². The van der Waals surface area contributed by atoms with E-state index in [0.29, 0.717) is 6.54 Å². The summed E-state index contributed by atoms with van der Waals surface area (Å²) in [6.07, 6.45) is 4.66. The second-order valence-electron chi connectivity index (χ2n) is 5.05. The van der Waals surface area contributed by atoms with Crippen molar-refractivity contribution in [3.8, 4) is 0 Å². The SMILES string of the molecule is Cc1cccnc1CNS(=O)(=O)N1CCCCC1C. The topological polar surface area (TPSA) is 62.3 Å². The van der Waals surface area contributed by atoms with Gasteiger partial charge in [0, 0.05) is 18.8 Å². The van der Waals surface area contributed by atoms with E-state index in [0.717, 1.165) is 30.5 Å². The normalized spacial score (nSPS) is 21.5. The number of aromatic nitrogens is 1. The van der Waals surface area contributed by atoms with E-state index < -0.39 is 10.2 Å². The predicted molar refractivity (Wildman–Crippen MR) is 74.8 cm³/mol. The molecule has 2 heterocycles. The molecule has 0 aliphatic carbocycles. The summed E-state index contributed by atoms with van der Waals surface area (Å²) in [5.41, 5.74) is 1.77. The molecule has 106 valence electrons. The third-order valence-corrected chi connectivity index (χ3v) is 5.26. The van der Waals surface area contributed by atoms with Crippen molar-refractivity contribution < 1.29 is 8.42 Å². The highest BCUT2D eigenvalue weighted by Gasteiger charge is 2.29. The van der Waals surface area contributed by atoms with E-state index in [1.54, 1.807) is 10.5 Å². The first-order chi connectivity index (χ1) is 9.00. The molecule has 0 bridgehead atoms. The van der Waals surface area contributed by atoms with Gasteiger partial charge < -0.3 is 0 Å². The zero-order chi connectivity index (χ0) is 13.9. The molecule has 0 saturated carbocycles. The number of rotatable bonds is 4. The van der Waals surface area contributed by atoms with Crippen molar-refractivity contribution in [3.05, 3.63) is 29.6 Å². The Morgan fingerprint density at radius 2 is 2.26 bits per heavy atom. The number of pyridine rings is 1. The molecule has 1 atom stereocenters. The molecule has 2 rings (SSSR count). The fraction of sp³-hybridized carbons (Fsp3) is 0.615. The van der Waals surface area contributed by atoms with Crippen LogP contribution in [-0.4, -0.2) is 30.3 Å². The number of nitrogens with zero attached hydrogens (tertiary/aromatic N) is 2. The van der Waals surface area contributed by atoms with Gasteiger partial charge in [0.1, 0.15) is 0 Å². The molecule has 1 aromatic heterocycles. The van der Waals surface area contributed by atoms with Crippen LogP contribution in [0.4, 0.5) is 0 Å². The average molecular weight is 283 g/mol. The van der Waals surface area contributed by atoms with Gasteiger partial charge in [-0.05, 0) is 38.3 Å². The molecule has 0 aromatic carbocycles. The maximum Gasteiger partial charge on any atom is 0.280 e. The van der Waals surface area contributed by atoms with Gasteiger partial charge in [-0.1, -0.05) is 12.5 Å². The zero-order valence-electron chi connectivity index (χ0n) is 11.5. The van der Waals surface area contributed by atoms with Crippen LogP contribution in [0.5, 0.6) is 0 Å². The highest BCUT2D eigenvalue weighted by atomic mass is 32.2. The lowest BCUT2D eigenvalue weighted by Crippen LogP contribution is -2.47. The molecule has 19 heavy (non-hydrogen) atoms. The number of hydrogen-bond donors (Lipinski definition) is 1. The quantitative estimate of drug-likeness (QED) is 0.913. The maximum atomic E-state index is 12.3. The molecule has 1 aliphatic heterocycles. The smallest absolute Gasteiger partial charge is 0.260 e. The molecule has 6 heteroatoms. The van der Waals surface area contributed by atoms with Gasteiger partial charge in [0.2, 0.25) is 0 Å². The molecule has 5 nitrogen and oxygen atoms in total. The van der Waals surface area contributed by atoms with Crippen molar-refractivity contribution in [2.45, 2.75) is 45.7 Å². The summed E-state index contributed by atoms with van der Waals surface area (Å²) in [5.74, 6) is 0. The summed E-state index contributed by atoms with van der Waals surface area (Å²) in [4.78, 5) is 4.20. The fourth-order valence-electron chi connectivity index (χ4n) is 2.37. The lowest BCUT2D eigenvalue weighted by atomic mass is 10.1. The molecule has 1 saturated heterocycles. The van der Waals surface area contributed by atoms with Crippen LogP contribution in [0, 0.1) is 6.92 Å². The highest BCUT2D eigenvalue weighted by molar-refractivity contribution is 7.87. The van der Waals surface area contributed by atoms with E-state index in [4.69, 9.17) is 0 Å². The van der Waals surface area contributed by atoms with Crippen LogP contribution in [0.3, 0.4) is 0 Å². The second-order valence-corrected chi connectivity index (χ2v) is 6.76. The van der Waals surface area contributed by atoms with E-state index in [-0.39, 0.29) is 12.6 Å². The van der Waals surface area contributed by atoms with Crippen LogP contribution in [0.15, 0.2) is 18.3 Å². The van der Waals surface area contributed by atoms with Crippen LogP contribution < -0.4 is 4.72 Å². The minimum atomic E-state index is -3.40. The zero-order valence-corrected chi connectivity index (χ0v) is 12.3. The van der Waals surface area contributed by atoms with Crippen LogP contribution >= 0.6 is 0 Å². The molecule has 0 amide bonds. The minimum Gasteiger partial charge on any atom is -0.260 e. The lowest BCUT2D eigenvalue weighted by Gasteiger charge is -2.32. The standard InChI is InChI=1S/C13H21N3O2S/c1-11-6-5-8-14-13(11)10-15-19(17,18)16-9-4-3-7-12(16)2/h5-6,8,12,15H,3-4,7,9-10H2,1-2H3. The van der Waals surface area contributed by atoms with E-state index >= 15 is 0 Å². The van der Waals surface area contributed by atoms with Crippen molar-refractivity contribution in [2.24, 2.45) is 0 Å². The van der Waals surface area contributed by atoms with Crippen molar-refractivity contribution in [3.63, 3.8) is 0 Å². The van der Waals surface area contributed by atoms with Gasteiger partial charge in [-0.25, -0.2) is 0 Å². The Balaban J connectivity index is 2.03. The third-order valence-electron chi connectivity index (χ3n) is 3.59. The number of hydrogen-bond acceptors (Lipinski definition) is 3. The Morgan fingerprint density at radius 3 is 2.95 bits per heavy atom. The Bertz CT molecular complexity index is 530. The molecule has 1 aliphatic rings. The predicted octanol–water partition coefficient (Wildman–Crippen LogP) is 1.60. The van der Waals surface area contributed by atoms with E-state index in [2.05, 4.69) is 9.71 Å². The largest absolute Gasteiger partial charge is 0.280 e. The molecule has 1 N–H and O–H groups in total. The summed E-state index contributed by atoms with van der Waals surface area (Å²) >= 11 is 0. The molecular formula is C13H21N3O2S. The first-order valence-corrected chi connectivity index (χ1v) is 8.11. The van der Waals surface area contributed by atoms with Gasteiger partial charge in [-0.15, -0.1) is 0 Å². The summed E-state index contributed by atoms with van der Waals surface area (Å²) in [7, 11) is -3.40. The van der Waals surface area contributed by atoms with E-state index in [9.17, 15) is 8.42 Å². The van der Waals surface area contributed by atoms with Crippen LogP contribution in [-0.2, 0) is 16.8 Å². The van der Waals surface area contributed by atoms with Gasteiger partial charge in [0.15, 0.2) is 0 Å². The van der Waals surface area contributed by atoms with Gasteiger partial charge >= 0.3 is 0 Å². The Kier molecular flexibility index (Phi) is 4.54. The summed E-state index contributed by atoms with van der Waals surface area (Å²) in [6, 6.07) is 3.86. The Morgan fingerprint density at radius 1 is 1.47 bits per heavy atom. The van der Waals surface area contributed by atoms with Crippen LogP contribution in [0.2, 0.25) is 0 Å². The van der Waals surface area contributed by atoms with E-state index in [1.165, 1.54) is 0 Å². The lowest BCUT2D eigenvalue weighted by molar-refractivity contribution is 0.265. The second kappa shape index (κ2) is 5.98. The number of aryl methyl sites for hydroxylation is 1. The molecule has 1 fully saturated rings. The molecule has 1 unspecified atom stereocenters. The first-order valence-electron chi connectivity index (χ1n) is 6.67. The van der Waals surface area contributed by atoms with Gasteiger partial charge in [0.05, 0.1) is 12.2 Å². The molecule has 1 aromatic rings. The van der Waals surface area contributed by atoms with E-state index in [1.807, 2.05) is 26.0 Å². The van der Waals surface area contributed by atoms with Crippen molar-refractivity contribution in [2.75, 3.05) is 6.54 Å². The fourth-order valence-corrected chi connectivity index (χ4v) is 3.81. The highest BCUT2D eigenvalue weighted by Crippen LogP contribution is 2.19. The van der Waals surface area contributed by atoms with Gasteiger partial charge in [-0.3, -0.25) is 4.98 Å². The third kappa shape index (κ3) is 3.52. The van der Waals surface area contributed by atoms with Crippen LogP contribution in [0.25, 0.3) is 0 Å². The monoisotopic (exact) mass is 283 g/mol. The Hall–Kier alpha value is -0.980. The number of piperidine rings is 1. The van der Waals surface area contributed by atoms with Gasteiger partial charge in [0.25, 0.3) is 10.2 Å². The Labute approximate surface area is 115 Å². The first kappa shape index (κ1) is 14.4. The maximum absolute atomic E-state index is 12.3. The molecular weight excluding hydrogens is 262 g/mol. The van der Waals surface area contributed by atoms with Crippen molar-refractivity contribution >= 4 is 10.2 Å². The molecule has 0 spiro atoms. The average Bonchev–Trinajstić information content (AvgIpc) is 2.38. The summed E-state index contributed by atoms with van der Waals surface area (Å²) < 4.78 is 28.8. The van der Waals surface area contributed by atoms with Crippen LogP contribution in [0.1, 0.15) is 37.4 Å². The molecule has 0 radical (unpaired) electrons. The minimum absolute atomic E-state index is 0.0797. The summed E-state index contributed by atoms with van der Waals surface area (Å²) in [5, 5.41) is 0. The van der Waals surface area contributed by atoms with Gasteiger partial charge in [-0.2, -0.15) is 17.4 Å². The summed E-state index contributed by atoms with van der Waals surface area (Å²) in [6.45, 7) is 4.75. The number of nitrogens with one attached hydrogen (secondary N) is 1.